The second-order valence-corrected chi connectivity index (χ2v) is 3.38. The summed E-state index contributed by atoms with van der Waals surface area (Å²) in [6.45, 7) is 0.245. The predicted molar refractivity (Wildman–Crippen MR) is 63.5 cm³/mol. The van der Waals surface area contributed by atoms with E-state index in [0.717, 1.165) is 5.56 Å². The second kappa shape index (κ2) is 5.97. The summed E-state index contributed by atoms with van der Waals surface area (Å²) in [5.74, 6) is 1.17. The first kappa shape index (κ1) is 13.1. The van der Waals surface area contributed by atoms with E-state index >= 15 is 0 Å². The van der Waals surface area contributed by atoms with Crippen molar-refractivity contribution >= 4 is 0 Å². The molecule has 1 aromatic rings. The molecule has 17 heavy (non-hydrogen) atoms. The standard InChI is InChI=1S/C12H16N2O3/c1-15-10-4-8(9(6-13)7-14)5-11(16-2)12(10)17-3/h4-5,9H,6,13H2,1-3H3. The molecule has 1 unspecified atom stereocenters. The lowest BCUT2D eigenvalue weighted by atomic mass is 10.00. The molecule has 1 rings (SSSR count). The Morgan fingerprint density at radius 3 is 2.00 bits per heavy atom. The molecule has 0 radical (unpaired) electrons. The van der Waals surface area contributed by atoms with Crippen LogP contribution in [0.25, 0.3) is 0 Å². The molecule has 0 spiro atoms. The molecular formula is C12H16N2O3. The first-order chi connectivity index (χ1) is 8.21. The maximum atomic E-state index is 8.99. The summed E-state index contributed by atoms with van der Waals surface area (Å²) in [5, 5.41) is 8.99. The van der Waals surface area contributed by atoms with Crippen molar-refractivity contribution in [1.82, 2.24) is 0 Å². The van der Waals surface area contributed by atoms with Gasteiger partial charge in [-0.2, -0.15) is 5.26 Å². The molecule has 0 aliphatic rings. The van der Waals surface area contributed by atoms with Crippen LogP contribution in [0.2, 0.25) is 0 Å². The van der Waals surface area contributed by atoms with Crippen molar-refractivity contribution in [2.75, 3.05) is 27.9 Å². The Kier molecular flexibility index (Phi) is 4.61. The Hall–Kier alpha value is -1.93. The number of nitrogens with two attached hydrogens (primary N) is 1. The summed E-state index contributed by atoms with van der Waals surface area (Å²) in [5.41, 5.74) is 6.29. The number of nitriles is 1. The summed E-state index contributed by atoms with van der Waals surface area (Å²) >= 11 is 0. The minimum atomic E-state index is -0.385. The van der Waals surface area contributed by atoms with Crippen LogP contribution in [0, 0.1) is 11.3 Å². The molecule has 0 saturated carbocycles. The molecule has 0 aromatic heterocycles. The number of hydrogen-bond acceptors (Lipinski definition) is 5. The fourth-order valence-corrected chi connectivity index (χ4v) is 1.57. The molecule has 1 aromatic carbocycles. The summed E-state index contributed by atoms with van der Waals surface area (Å²) in [6.07, 6.45) is 0. The van der Waals surface area contributed by atoms with Gasteiger partial charge in [0, 0.05) is 6.54 Å². The Labute approximate surface area is 101 Å². The van der Waals surface area contributed by atoms with Gasteiger partial charge in [-0.3, -0.25) is 0 Å². The lowest BCUT2D eigenvalue weighted by Crippen LogP contribution is -2.11. The van der Waals surface area contributed by atoms with E-state index < -0.39 is 0 Å². The van der Waals surface area contributed by atoms with Gasteiger partial charge in [-0.05, 0) is 17.7 Å². The van der Waals surface area contributed by atoms with Gasteiger partial charge in [0.25, 0.3) is 0 Å². The first-order valence-electron chi connectivity index (χ1n) is 5.11. The summed E-state index contributed by atoms with van der Waals surface area (Å²) < 4.78 is 15.6. The lowest BCUT2D eigenvalue weighted by molar-refractivity contribution is 0.323. The Morgan fingerprint density at radius 2 is 1.71 bits per heavy atom. The summed E-state index contributed by atoms with van der Waals surface area (Å²) in [7, 11) is 4.60. The Balaban J connectivity index is 3.32. The van der Waals surface area contributed by atoms with Gasteiger partial charge in [-0.1, -0.05) is 0 Å². The van der Waals surface area contributed by atoms with Crippen molar-refractivity contribution < 1.29 is 14.2 Å². The average molecular weight is 236 g/mol. The van der Waals surface area contributed by atoms with Gasteiger partial charge in [-0.15, -0.1) is 0 Å². The quantitative estimate of drug-likeness (QED) is 0.833. The third-order valence-corrected chi connectivity index (χ3v) is 2.48. The average Bonchev–Trinajstić information content (AvgIpc) is 2.38. The molecule has 0 heterocycles. The van der Waals surface area contributed by atoms with Gasteiger partial charge in [0.1, 0.15) is 0 Å². The predicted octanol–water partition coefficient (Wildman–Crippen LogP) is 1.28. The zero-order valence-electron chi connectivity index (χ0n) is 10.2. The summed E-state index contributed by atoms with van der Waals surface area (Å²) in [4.78, 5) is 0. The van der Waals surface area contributed by atoms with Crippen molar-refractivity contribution in [3.8, 4) is 23.3 Å². The molecule has 0 amide bonds. The van der Waals surface area contributed by atoms with E-state index in [-0.39, 0.29) is 12.5 Å². The van der Waals surface area contributed by atoms with Crippen LogP contribution in [-0.4, -0.2) is 27.9 Å². The fourth-order valence-electron chi connectivity index (χ4n) is 1.57. The molecule has 5 heteroatoms. The van der Waals surface area contributed by atoms with Crippen LogP contribution in [-0.2, 0) is 0 Å². The highest BCUT2D eigenvalue weighted by Crippen LogP contribution is 2.39. The topological polar surface area (TPSA) is 77.5 Å². The molecule has 1 atom stereocenters. The largest absolute Gasteiger partial charge is 0.493 e. The molecule has 0 fully saturated rings. The van der Waals surface area contributed by atoms with Crippen LogP contribution in [0.5, 0.6) is 17.2 Å². The third-order valence-electron chi connectivity index (χ3n) is 2.48. The minimum Gasteiger partial charge on any atom is -0.493 e. The van der Waals surface area contributed by atoms with E-state index in [9.17, 15) is 0 Å². The van der Waals surface area contributed by atoms with Crippen molar-refractivity contribution in [2.24, 2.45) is 5.73 Å². The van der Waals surface area contributed by atoms with Gasteiger partial charge >= 0.3 is 0 Å². The first-order valence-corrected chi connectivity index (χ1v) is 5.11. The molecule has 0 aliphatic carbocycles. The van der Waals surface area contributed by atoms with Crippen LogP contribution in [0.4, 0.5) is 0 Å². The van der Waals surface area contributed by atoms with Gasteiger partial charge in [-0.25, -0.2) is 0 Å². The number of ether oxygens (including phenoxy) is 3. The van der Waals surface area contributed by atoms with Gasteiger partial charge < -0.3 is 19.9 Å². The zero-order valence-corrected chi connectivity index (χ0v) is 10.2. The van der Waals surface area contributed by atoms with Crippen LogP contribution in [0.3, 0.4) is 0 Å². The molecule has 2 N–H and O–H groups in total. The van der Waals surface area contributed by atoms with Crippen molar-refractivity contribution in [1.29, 1.82) is 5.26 Å². The molecule has 0 aliphatic heterocycles. The third kappa shape index (κ3) is 2.60. The summed E-state index contributed by atoms with van der Waals surface area (Å²) in [6, 6.07) is 5.61. The number of benzene rings is 1. The van der Waals surface area contributed by atoms with E-state index in [1.165, 1.54) is 21.3 Å². The number of methoxy groups -OCH3 is 3. The van der Waals surface area contributed by atoms with Crippen LogP contribution < -0.4 is 19.9 Å². The zero-order chi connectivity index (χ0) is 12.8. The van der Waals surface area contributed by atoms with E-state index in [2.05, 4.69) is 6.07 Å². The van der Waals surface area contributed by atoms with Crippen molar-refractivity contribution in [2.45, 2.75) is 5.92 Å². The maximum absolute atomic E-state index is 8.99. The van der Waals surface area contributed by atoms with E-state index in [4.69, 9.17) is 25.2 Å². The SMILES string of the molecule is COc1cc(C(C#N)CN)cc(OC)c1OC. The van der Waals surface area contributed by atoms with E-state index in [0.29, 0.717) is 17.2 Å². The number of nitrogens with zero attached hydrogens (tertiary/aromatic N) is 1. The monoisotopic (exact) mass is 236 g/mol. The molecule has 0 bridgehead atoms. The second-order valence-electron chi connectivity index (χ2n) is 3.38. The van der Waals surface area contributed by atoms with Gasteiger partial charge in [0.15, 0.2) is 11.5 Å². The highest BCUT2D eigenvalue weighted by atomic mass is 16.5. The fraction of sp³-hybridized carbons (Fsp3) is 0.417. The van der Waals surface area contributed by atoms with Gasteiger partial charge in [0.2, 0.25) is 5.75 Å². The van der Waals surface area contributed by atoms with E-state index in [1.807, 2.05) is 0 Å². The lowest BCUT2D eigenvalue weighted by Gasteiger charge is -2.15. The number of rotatable bonds is 5. The smallest absolute Gasteiger partial charge is 0.203 e. The minimum absolute atomic E-state index is 0.245. The molecular weight excluding hydrogens is 220 g/mol. The molecule has 0 saturated heterocycles. The highest BCUT2D eigenvalue weighted by Gasteiger charge is 2.17. The Bertz CT molecular complexity index is 401. The Morgan fingerprint density at radius 1 is 1.18 bits per heavy atom. The molecule has 5 nitrogen and oxygen atoms in total. The highest BCUT2D eigenvalue weighted by molar-refractivity contribution is 5.55. The van der Waals surface area contributed by atoms with Crippen LogP contribution in [0.15, 0.2) is 12.1 Å². The van der Waals surface area contributed by atoms with Crippen molar-refractivity contribution in [3.05, 3.63) is 17.7 Å². The molecule has 92 valence electrons. The normalized spacial score (nSPS) is 11.5. The van der Waals surface area contributed by atoms with Crippen molar-refractivity contribution in [3.63, 3.8) is 0 Å². The van der Waals surface area contributed by atoms with Gasteiger partial charge in [0.05, 0.1) is 33.3 Å². The van der Waals surface area contributed by atoms with Crippen LogP contribution >= 0.6 is 0 Å². The number of hydrogen-bond donors (Lipinski definition) is 1. The van der Waals surface area contributed by atoms with E-state index in [1.54, 1.807) is 12.1 Å². The maximum Gasteiger partial charge on any atom is 0.203 e. The van der Waals surface area contributed by atoms with Crippen LogP contribution in [0.1, 0.15) is 11.5 Å².